The van der Waals surface area contributed by atoms with Gasteiger partial charge in [-0.1, -0.05) is 0 Å². The number of nitrogens with one attached hydrogen (secondary N) is 1. The smallest absolute Gasteiger partial charge is 0.407 e. The third-order valence-electron chi connectivity index (χ3n) is 2.15. The van der Waals surface area contributed by atoms with Gasteiger partial charge in [-0.15, -0.1) is 0 Å². The van der Waals surface area contributed by atoms with Crippen LogP contribution >= 0.6 is 0 Å². The number of alkyl carbamates (subject to hydrolysis) is 1. The SMILES string of the molecule is CC(C)(C)OC(=O)NCc1cnn2ccnc2c1. The number of imidazole rings is 1. The number of ether oxygens (including phenoxy) is 1. The molecule has 0 bridgehead atoms. The number of carbonyl (C=O) groups is 1. The van der Waals surface area contributed by atoms with Crippen molar-refractivity contribution in [2.45, 2.75) is 32.9 Å². The first-order chi connectivity index (χ1) is 8.44. The molecular weight excluding hydrogens is 232 g/mol. The maximum atomic E-state index is 11.5. The van der Waals surface area contributed by atoms with Gasteiger partial charge in [0.15, 0.2) is 5.65 Å². The van der Waals surface area contributed by atoms with Crippen molar-refractivity contribution in [2.24, 2.45) is 0 Å². The Bertz CT molecular complexity index is 556. The predicted octanol–water partition coefficient (Wildman–Crippen LogP) is 1.75. The Morgan fingerprint density at radius 3 is 3.00 bits per heavy atom. The van der Waals surface area contributed by atoms with Crippen LogP contribution in [0.25, 0.3) is 5.65 Å². The van der Waals surface area contributed by atoms with E-state index < -0.39 is 11.7 Å². The predicted molar refractivity (Wildman–Crippen MR) is 66.1 cm³/mol. The number of nitrogens with zero attached hydrogens (tertiary/aromatic N) is 3. The summed E-state index contributed by atoms with van der Waals surface area (Å²) in [5, 5.41) is 6.83. The van der Waals surface area contributed by atoms with E-state index in [0.29, 0.717) is 6.54 Å². The van der Waals surface area contributed by atoms with E-state index in [4.69, 9.17) is 4.74 Å². The Morgan fingerprint density at radius 1 is 1.50 bits per heavy atom. The highest BCUT2D eigenvalue weighted by molar-refractivity contribution is 5.67. The van der Waals surface area contributed by atoms with E-state index in [0.717, 1.165) is 11.2 Å². The summed E-state index contributed by atoms with van der Waals surface area (Å²) < 4.78 is 6.80. The highest BCUT2D eigenvalue weighted by Gasteiger charge is 2.15. The van der Waals surface area contributed by atoms with E-state index in [1.807, 2.05) is 26.8 Å². The average molecular weight is 248 g/mol. The fourth-order valence-electron chi connectivity index (χ4n) is 1.43. The molecule has 0 spiro atoms. The van der Waals surface area contributed by atoms with Crippen LogP contribution in [-0.4, -0.2) is 26.3 Å². The summed E-state index contributed by atoms with van der Waals surface area (Å²) in [5.74, 6) is 0. The van der Waals surface area contributed by atoms with Crippen LogP contribution in [0.4, 0.5) is 4.79 Å². The number of fused-ring (bicyclic) bond motifs is 1. The van der Waals surface area contributed by atoms with Crippen molar-refractivity contribution >= 4 is 11.7 Å². The normalized spacial score (nSPS) is 11.5. The lowest BCUT2D eigenvalue weighted by Crippen LogP contribution is -2.32. The van der Waals surface area contributed by atoms with Crippen LogP contribution in [-0.2, 0) is 11.3 Å². The molecule has 2 rings (SSSR count). The topological polar surface area (TPSA) is 68.5 Å². The number of aromatic nitrogens is 3. The molecule has 1 amide bonds. The first-order valence-electron chi connectivity index (χ1n) is 5.69. The van der Waals surface area contributed by atoms with E-state index in [9.17, 15) is 4.79 Å². The minimum atomic E-state index is -0.491. The van der Waals surface area contributed by atoms with Gasteiger partial charge in [0.2, 0.25) is 0 Å². The van der Waals surface area contributed by atoms with Gasteiger partial charge in [-0.05, 0) is 32.4 Å². The Hall–Kier alpha value is -2.11. The largest absolute Gasteiger partial charge is 0.444 e. The minimum Gasteiger partial charge on any atom is -0.444 e. The molecule has 0 atom stereocenters. The maximum absolute atomic E-state index is 11.5. The lowest BCUT2D eigenvalue weighted by molar-refractivity contribution is 0.0523. The molecule has 0 aliphatic carbocycles. The molecule has 0 fully saturated rings. The molecule has 0 aliphatic rings. The van der Waals surface area contributed by atoms with Gasteiger partial charge in [-0.3, -0.25) is 0 Å². The van der Waals surface area contributed by atoms with Gasteiger partial charge in [-0.25, -0.2) is 14.3 Å². The van der Waals surface area contributed by atoms with Crippen molar-refractivity contribution in [3.63, 3.8) is 0 Å². The van der Waals surface area contributed by atoms with Crippen molar-refractivity contribution in [1.29, 1.82) is 0 Å². The minimum absolute atomic E-state index is 0.366. The Morgan fingerprint density at radius 2 is 2.28 bits per heavy atom. The zero-order valence-electron chi connectivity index (χ0n) is 10.7. The zero-order chi connectivity index (χ0) is 13.2. The van der Waals surface area contributed by atoms with E-state index in [1.54, 1.807) is 23.1 Å². The summed E-state index contributed by atoms with van der Waals surface area (Å²) in [5.41, 5.74) is 1.13. The second kappa shape index (κ2) is 4.64. The fraction of sp³-hybridized carbons (Fsp3) is 0.417. The van der Waals surface area contributed by atoms with Crippen LogP contribution < -0.4 is 5.32 Å². The van der Waals surface area contributed by atoms with Crippen LogP contribution in [0.3, 0.4) is 0 Å². The van der Waals surface area contributed by atoms with E-state index in [1.165, 1.54) is 0 Å². The van der Waals surface area contributed by atoms with Gasteiger partial charge < -0.3 is 10.1 Å². The average Bonchev–Trinajstić information content (AvgIpc) is 2.71. The molecule has 18 heavy (non-hydrogen) atoms. The molecule has 0 aliphatic heterocycles. The fourth-order valence-corrected chi connectivity index (χ4v) is 1.43. The van der Waals surface area contributed by atoms with Gasteiger partial charge in [0, 0.05) is 18.9 Å². The number of hydrogen-bond acceptors (Lipinski definition) is 4. The molecule has 6 nitrogen and oxygen atoms in total. The molecular formula is C12H16N4O2. The van der Waals surface area contributed by atoms with Crippen molar-refractivity contribution in [1.82, 2.24) is 19.9 Å². The van der Waals surface area contributed by atoms with Gasteiger partial charge in [0.05, 0.1) is 6.20 Å². The molecule has 2 heterocycles. The maximum Gasteiger partial charge on any atom is 0.407 e. The van der Waals surface area contributed by atoms with E-state index >= 15 is 0 Å². The summed E-state index contributed by atoms with van der Waals surface area (Å²) >= 11 is 0. The van der Waals surface area contributed by atoms with Crippen molar-refractivity contribution < 1.29 is 9.53 Å². The molecule has 6 heteroatoms. The molecule has 2 aromatic heterocycles. The first kappa shape index (κ1) is 12.3. The molecule has 0 unspecified atom stereocenters. The number of amides is 1. The molecule has 2 aromatic rings. The summed E-state index contributed by atoms with van der Waals surface area (Å²) in [4.78, 5) is 15.6. The highest BCUT2D eigenvalue weighted by Crippen LogP contribution is 2.07. The quantitative estimate of drug-likeness (QED) is 0.879. The monoisotopic (exact) mass is 248 g/mol. The van der Waals surface area contributed by atoms with Gasteiger partial charge >= 0.3 is 6.09 Å². The Balaban J connectivity index is 1.95. The van der Waals surface area contributed by atoms with Crippen LogP contribution in [0.1, 0.15) is 26.3 Å². The number of rotatable bonds is 2. The van der Waals surface area contributed by atoms with Gasteiger partial charge in [0.25, 0.3) is 0 Å². The summed E-state index contributed by atoms with van der Waals surface area (Å²) in [6.45, 7) is 5.84. The van der Waals surface area contributed by atoms with Crippen LogP contribution in [0.2, 0.25) is 0 Å². The standard InChI is InChI=1S/C12H16N4O2/c1-12(2,3)18-11(17)14-7-9-6-10-13-4-5-16(10)15-8-9/h4-6,8H,7H2,1-3H3,(H,14,17). The Kier molecular flexibility index (Phi) is 3.18. The third kappa shape index (κ3) is 3.19. The van der Waals surface area contributed by atoms with Gasteiger partial charge in [0.1, 0.15) is 5.60 Å². The van der Waals surface area contributed by atoms with E-state index in [2.05, 4.69) is 15.4 Å². The summed E-state index contributed by atoms with van der Waals surface area (Å²) in [6, 6.07) is 1.87. The summed E-state index contributed by atoms with van der Waals surface area (Å²) in [7, 11) is 0. The van der Waals surface area contributed by atoms with Crippen LogP contribution in [0, 0.1) is 0 Å². The third-order valence-corrected chi connectivity index (χ3v) is 2.15. The van der Waals surface area contributed by atoms with Crippen LogP contribution in [0.5, 0.6) is 0 Å². The summed E-state index contributed by atoms with van der Waals surface area (Å²) in [6.07, 6.45) is 4.69. The van der Waals surface area contributed by atoms with Crippen molar-refractivity contribution in [2.75, 3.05) is 0 Å². The van der Waals surface area contributed by atoms with Crippen LogP contribution in [0.15, 0.2) is 24.7 Å². The zero-order valence-corrected chi connectivity index (χ0v) is 10.7. The lowest BCUT2D eigenvalue weighted by atomic mass is 10.2. The first-order valence-corrected chi connectivity index (χ1v) is 5.69. The molecule has 0 saturated heterocycles. The second-order valence-corrected chi connectivity index (χ2v) is 4.95. The molecule has 1 N–H and O–H groups in total. The number of carbonyl (C=O) groups excluding carboxylic acids is 1. The lowest BCUT2D eigenvalue weighted by Gasteiger charge is -2.19. The second-order valence-electron chi connectivity index (χ2n) is 4.95. The number of hydrogen-bond donors (Lipinski definition) is 1. The molecule has 0 radical (unpaired) electrons. The highest BCUT2D eigenvalue weighted by atomic mass is 16.6. The molecule has 96 valence electrons. The molecule has 0 aromatic carbocycles. The Labute approximate surface area is 105 Å². The van der Waals surface area contributed by atoms with Crippen molar-refractivity contribution in [3.8, 4) is 0 Å². The van der Waals surface area contributed by atoms with Gasteiger partial charge in [-0.2, -0.15) is 5.10 Å². The van der Waals surface area contributed by atoms with Crippen molar-refractivity contribution in [3.05, 3.63) is 30.2 Å². The molecule has 0 saturated carbocycles. The van der Waals surface area contributed by atoms with E-state index in [-0.39, 0.29) is 0 Å².